The Morgan fingerprint density at radius 2 is 2.10 bits per heavy atom. The van der Waals surface area contributed by atoms with Gasteiger partial charge in [0.05, 0.1) is 4.90 Å². The molecule has 0 bridgehead atoms. The molecule has 3 nitrogen and oxygen atoms in total. The quantitative estimate of drug-likeness (QED) is 0.801. The van der Waals surface area contributed by atoms with Crippen molar-refractivity contribution in [2.24, 2.45) is 5.41 Å². The van der Waals surface area contributed by atoms with Crippen LogP contribution in [0.3, 0.4) is 0 Å². The molecule has 2 rings (SSSR count). The van der Waals surface area contributed by atoms with Crippen molar-refractivity contribution in [2.45, 2.75) is 37.5 Å². The topological polar surface area (TPSA) is 37.4 Å². The van der Waals surface area contributed by atoms with E-state index in [2.05, 4.69) is 0 Å². The van der Waals surface area contributed by atoms with Crippen LogP contribution in [-0.2, 0) is 15.9 Å². The Kier molecular flexibility index (Phi) is 4.42. The standard InChI is InChI=1S/C14H19ClFNO2S/c1-14(2)6-3-7-17(10-14)20(18,19)13-8-12(16)5-4-11(13)9-15/h4-5,8H,3,6-7,9-10H2,1-2H3. The molecule has 1 aliphatic rings. The van der Waals surface area contributed by atoms with E-state index in [-0.39, 0.29) is 16.2 Å². The minimum Gasteiger partial charge on any atom is -0.207 e. The third-order valence-corrected chi connectivity index (χ3v) is 5.87. The maximum absolute atomic E-state index is 13.4. The Labute approximate surface area is 124 Å². The van der Waals surface area contributed by atoms with Gasteiger partial charge in [0.15, 0.2) is 0 Å². The predicted octanol–water partition coefficient (Wildman–Crippen LogP) is 3.38. The number of hydrogen-bond donors (Lipinski definition) is 0. The summed E-state index contributed by atoms with van der Waals surface area (Å²) in [4.78, 5) is -0.00907. The highest BCUT2D eigenvalue weighted by molar-refractivity contribution is 7.89. The van der Waals surface area contributed by atoms with E-state index in [1.54, 1.807) is 0 Å². The fourth-order valence-electron chi connectivity index (χ4n) is 2.59. The molecule has 0 saturated carbocycles. The van der Waals surface area contributed by atoms with Gasteiger partial charge in [-0.25, -0.2) is 12.8 Å². The van der Waals surface area contributed by atoms with E-state index in [4.69, 9.17) is 11.6 Å². The molecule has 1 heterocycles. The molecule has 0 spiro atoms. The van der Waals surface area contributed by atoms with E-state index in [1.165, 1.54) is 16.4 Å². The molecule has 0 aliphatic carbocycles. The van der Waals surface area contributed by atoms with Gasteiger partial charge in [0.25, 0.3) is 0 Å². The molecule has 6 heteroatoms. The van der Waals surface area contributed by atoms with E-state index in [1.807, 2.05) is 13.8 Å². The Bertz CT molecular complexity index is 601. The van der Waals surface area contributed by atoms with Crippen LogP contribution in [0.4, 0.5) is 4.39 Å². The van der Waals surface area contributed by atoms with Crippen molar-refractivity contribution < 1.29 is 12.8 Å². The van der Waals surface area contributed by atoms with Crippen LogP contribution in [-0.4, -0.2) is 25.8 Å². The zero-order valence-corrected chi connectivity index (χ0v) is 13.3. The van der Waals surface area contributed by atoms with E-state index in [0.717, 1.165) is 18.9 Å². The van der Waals surface area contributed by atoms with E-state index in [0.29, 0.717) is 18.7 Å². The first-order chi connectivity index (χ1) is 9.26. The minimum absolute atomic E-state index is 0.00907. The Morgan fingerprint density at radius 1 is 1.40 bits per heavy atom. The van der Waals surface area contributed by atoms with Crippen molar-refractivity contribution in [3.63, 3.8) is 0 Å². The lowest BCUT2D eigenvalue weighted by Crippen LogP contribution is -2.43. The largest absolute Gasteiger partial charge is 0.243 e. The second kappa shape index (κ2) is 5.62. The summed E-state index contributed by atoms with van der Waals surface area (Å²) in [5, 5.41) is 0. The SMILES string of the molecule is CC1(C)CCCN(S(=O)(=O)c2cc(F)ccc2CCl)C1. The van der Waals surface area contributed by atoms with Crippen molar-refractivity contribution in [2.75, 3.05) is 13.1 Å². The van der Waals surface area contributed by atoms with Gasteiger partial charge in [0.1, 0.15) is 5.82 Å². The highest BCUT2D eigenvalue weighted by Crippen LogP contribution is 2.33. The number of alkyl halides is 1. The summed E-state index contributed by atoms with van der Waals surface area (Å²) in [6, 6.07) is 3.73. The maximum Gasteiger partial charge on any atom is 0.243 e. The zero-order valence-electron chi connectivity index (χ0n) is 11.7. The lowest BCUT2D eigenvalue weighted by atomic mass is 9.85. The number of sulfonamides is 1. The summed E-state index contributed by atoms with van der Waals surface area (Å²) in [6.45, 7) is 5.02. The Morgan fingerprint density at radius 3 is 2.70 bits per heavy atom. The predicted molar refractivity (Wildman–Crippen MR) is 77.7 cm³/mol. The highest BCUT2D eigenvalue weighted by Gasteiger charge is 2.35. The van der Waals surface area contributed by atoms with Gasteiger partial charge >= 0.3 is 0 Å². The smallest absolute Gasteiger partial charge is 0.207 e. The lowest BCUT2D eigenvalue weighted by molar-refractivity contribution is 0.187. The van der Waals surface area contributed by atoms with Crippen LogP contribution < -0.4 is 0 Å². The molecule has 1 aliphatic heterocycles. The third-order valence-electron chi connectivity index (χ3n) is 3.66. The van der Waals surface area contributed by atoms with E-state index in [9.17, 15) is 12.8 Å². The first-order valence-electron chi connectivity index (χ1n) is 6.61. The summed E-state index contributed by atoms with van der Waals surface area (Å²) in [7, 11) is -3.69. The fraction of sp³-hybridized carbons (Fsp3) is 0.571. The van der Waals surface area contributed by atoms with Crippen LogP contribution >= 0.6 is 11.6 Å². The molecule has 0 radical (unpaired) electrons. The monoisotopic (exact) mass is 319 g/mol. The van der Waals surface area contributed by atoms with E-state index < -0.39 is 15.8 Å². The average Bonchev–Trinajstić information content (AvgIpc) is 2.37. The molecule has 20 heavy (non-hydrogen) atoms. The molecule has 0 amide bonds. The van der Waals surface area contributed by atoms with Gasteiger partial charge in [-0.3, -0.25) is 0 Å². The van der Waals surface area contributed by atoms with Gasteiger partial charge < -0.3 is 0 Å². The summed E-state index contributed by atoms with van der Waals surface area (Å²) >= 11 is 5.78. The van der Waals surface area contributed by atoms with Gasteiger partial charge in [0.2, 0.25) is 10.0 Å². The van der Waals surface area contributed by atoms with Crippen LogP contribution in [0, 0.1) is 11.2 Å². The molecule has 1 saturated heterocycles. The van der Waals surface area contributed by atoms with Gasteiger partial charge in [-0.2, -0.15) is 4.31 Å². The molecular formula is C14H19ClFNO2S. The van der Waals surface area contributed by atoms with Crippen LogP contribution in [0.1, 0.15) is 32.3 Å². The molecule has 0 atom stereocenters. The molecule has 0 aromatic heterocycles. The van der Waals surface area contributed by atoms with Crippen molar-refractivity contribution in [1.29, 1.82) is 0 Å². The molecular weight excluding hydrogens is 301 g/mol. The number of rotatable bonds is 3. The molecule has 1 aromatic carbocycles. The summed E-state index contributed by atoms with van der Waals surface area (Å²) in [6.07, 6.45) is 1.81. The second-order valence-electron chi connectivity index (χ2n) is 5.99. The normalized spacial score (nSPS) is 20.0. The van der Waals surface area contributed by atoms with Crippen molar-refractivity contribution >= 4 is 21.6 Å². The van der Waals surface area contributed by atoms with Gasteiger partial charge in [-0.15, -0.1) is 11.6 Å². The Balaban J connectivity index is 2.42. The van der Waals surface area contributed by atoms with Gasteiger partial charge in [0, 0.05) is 19.0 Å². The zero-order chi connectivity index (χ0) is 15.0. The van der Waals surface area contributed by atoms with Gasteiger partial charge in [-0.05, 0) is 36.0 Å². The highest BCUT2D eigenvalue weighted by atomic mass is 35.5. The van der Waals surface area contributed by atoms with Crippen LogP contribution in [0.5, 0.6) is 0 Å². The van der Waals surface area contributed by atoms with Crippen LogP contribution in [0.15, 0.2) is 23.1 Å². The van der Waals surface area contributed by atoms with Crippen molar-refractivity contribution in [1.82, 2.24) is 4.31 Å². The maximum atomic E-state index is 13.4. The molecule has 112 valence electrons. The number of halogens is 2. The lowest BCUT2D eigenvalue weighted by Gasteiger charge is -2.37. The molecule has 1 fully saturated rings. The minimum atomic E-state index is -3.69. The first kappa shape index (κ1) is 15.7. The number of hydrogen-bond acceptors (Lipinski definition) is 2. The van der Waals surface area contributed by atoms with E-state index >= 15 is 0 Å². The molecule has 0 N–H and O–H groups in total. The summed E-state index contributed by atoms with van der Waals surface area (Å²) in [5.74, 6) is -0.514. The molecule has 0 unspecified atom stereocenters. The fourth-order valence-corrected chi connectivity index (χ4v) is 4.81. The van der Waals surface area contributed by atoms with Crippen molar-refractivity contribution in [3.05, 3.63) is 29.6 Å². The number of nitrogens with zero attached hydrogens (tertiary/aromatic N) is 1. The number of piperidine rings is 1. The third kappa shape index (κ3) is 3.15. The van der Waals surface area contributed by atoms with Gasteiger partial charge in [-0.1, -0.05) is 19.9 Å². The Hall–Kier alpha value is -0.650. The van der Waals surface area contributed by atoms with Crippen LogP contribution in [0.25, 0.3) is 0 Å². The summed E-state index contributed by atoms with van der Waals surface area (Å²) < 4.78 is 40.3. The van der Waals surface area contributed by atoms with Crippen molar-refractivity contribution in [3.8, 4) is 0 Å². The average molecular weight is 320 g/mol. The number of benzene rings is 1. The van der Waals surface area contributed by atoms with Crippen LogP contribution in [0.2, 0.25) is 0 Å². The first-order valence-corrected chi connectivity index (χ1v) is 8.58. The molecule has 1 aromatic rings. The second-order valence-corrected chi connectivity index (χ2v) is 8.17. The summed E-state index contributed by atoms with van der Waals surface area (Å²) in [5.41, 5.74) is 0.385.